The van der Waals surface area contributed by atoms with E-state index in [1.807, 2.05) is 0 Å². The quantitative estimate of drug-likeness (QED) is 0.439. The molecule has 0 aliphatic carbocycles. The first-order valence-corrected chi connectivity index (χ1v) is 10.8. The van der Waals surface area contributed by atoms with Gasteiger partial charge in [-0.2, -0.15) is 0 Å². The Hall–Kier alpha value is -3.92. The zero-order valence-corrected chi connectivity index (χ0v) is 19.1. The number of carbonyl (C=O) groups is 1. The summed E-state index contributed by atoms with van der Waals surface area (Å²) in [7, 11) is 4.58. The average Bonchev–Trinajstić information content (AvgIpc) is 3.39. The molecule has 33 heavy (non-hydrogen) atoms. The molecule has 10 heteroatoms. The fourth-order valence-electron chi connectivity index (χ4n) is 4.00. The standard InChI is InChI=1S/C23H19N3O6S/c1-11-24-25-23(33-11)26-19(12-5-8-15(30-3)17(9-12)31-4)18-20(27)14-7-6-13(29-2)10-16(14)32-21(18)22(26)28/h5-10,19H,1-4H3/t19-/m1/s1. The molecule has 3 heterocycles. The number of anilines is 1. The van der Waals surface area contributed by atoms with E-state index < -0.39 is 11.9 Å². The lowest BCUT2D eigenvalue weighted by molar-refractivity contribution is 0.0970. The lowest BCUT2D eigenvalue weighted by atomic mass is 9.98. The van der Waals surface area contributed by atoms with Crippen LogP contribution in [0.3, 0.4) is 0 Å². The van der Waals surface area contributed by atoms with Crippen LogP contribution < -0.4 is 24.5 Å². The van der Waals surface area contributed by atoms with Crippen molar-refractivity contribution in [2.45, 2.75) is 13.0 Å². The zero-order valence-electron chi connectivity index (χ0n) is 18.2. The normalized spacial score (nSPS) is 15.1. The molecule has 1 amide bonds. The van der Waals surface area contributed by atoms with Gasteiger partial charge in [0.25, 0.3) is 5.91 Å². The molecule has 1 atom stereocenters. The molecule has 0 spiro atoms. The molecular formula is C23H19N3O6S. The van der Waals surface area contributed by atoms with E-state index in [1.54, 1.807) is 43.3 Å². The molecule has 0 N–H and O–H groups in total. The molecule has 1 aliphatic heterocycles. The van der Waals surface area contributed by atoms with Gasteiger partial charge in [-0.25, -0.2) is 0 Å². The van der Waals surface area contributed by atoms with Gasteiger partial charge in [0.05, 0.1) is 38.3 Å². The average molecular weight is 465 g/mol. The summed E-state index contributed by atoms with van der Waals surface area (Å²) < 4.78 is 22.0. The van der Waals surface area contributed by atoms with E-state index >= 15 is 0 Å². The summed E-state index contributed by atoms with van der Waals surface area (Å²) in [5, 5.41) is 9.62. The highest BCUT2D eigenvalue weighted by atomic mass is 32.1. The predicted molar refractivity (Wildman–Crippen MR) is 122 cm³/mol. The first-order valence-electron chi connectivity index (χ1n) is 9.97. The highest BCUT2D eigenvalue weighted by Gasteiger charge is 2.45. The van der Waals surface area contributed by atoms with Gasteiger partial charge in [-0.3, -0.25) is 14.5 Å². The lowest BCUT2D eigenvalue weighted by Crippen LogP contribution is -2.29. The van der Waals surface area contributed by atoms with Crippen LogP contribution in [0.2, 0.25) is 0 Å². The van der Waals surface area contributed by atoms with Crippen molar-refractivity contribution in [1.82, 2.24) is 10.2 Å². The Morgan fingerprint density at radius 3 is 2.42 bits per heavy atom. The Kier molecular flexibility index (Phi) is 5.01. The molecule has 2 aromatic carbocycles. The highest BCUT2D eigenvalue weighted by molar-refractivity contribution is 7.15. The number of rotatable bonds is 5. The topological polar surface area (TPSA) is 104 Å². The third-order valence-corrected chi connectivity index (χ3v) is 6.36. The fourth-order valence-corrected chi connectivity index (χ4v) is 4.71. The molecule has 0 radical (unpaired) electrons. The Morgan fingerprint density at radius 1 is 0.970 bits per heavy atom. The summed E-state index contributed by atoms with van der Waals surface area (Å²) in [6, 6.07) is 9.38. The van der Waals surface area contributed by atoms with E-state index in [9.17, 15) is 9.59 Å². The predicted octanol–water partition coefficient (Wildman–Crippen LogP) is 3.73. The molecule has 0 saturated carbocycles. The van der Waals surface area contributed by atoms with Gasteiger partial charge in [-0.1, -0.05) is 17.4 Å². The van der Waals surface area contributed by atoms with Gasteiger partial charge >= 0.3 is 0 Å². The monoisotopic (exact) mass is 465 g/mol. The molecule has 168 valence electrons. The number of aromatic nitrogens is 2. The molecule has 2 aromatic heterocycles. The van der Waals surface area contributed by atoms with Crippen molar-refractivity contribution in [2.75, 3.05) is 26.2 Å². The first-order chi connectivity index (χ1) is 16.0. The summed E-state index contributed by atoms with van der Waals surface area (Å²) in [5.74, 6) is 1.01. The van der Waals surface area contributed by atoms with Gasteiger partial charge in [0.2, 0.25) is 10.9 Å². The zero-order chi connectivity index (χ0) is 23.3. The molecule has 1 aliphatic rings. The number of ether oxygens (including phenoxy) is 3. The maximum Gasteiger partial charge on any atom is 0.297 e. The number of aryl methyl sites for hydroxylation is 1. The lowest BCUT2D eigenvalue weighted by Gasteiger charge is -2.23. The van der Waals surface area contributed by atoms with Gasteiger partial charge in [0, 0.05) is 6.07 Å². The number of hydrogen-bond acceptors (Lipinski definition) is 9. The van der Waals surface area contributed by atoms with Crippen molar-refractivity contribution in [2.24, 2.45) is 0 Å². The molecule has 0 saturated heterocycles. The Morgan fingerprint density at radius 2 is 1.76 bits per heavy atom. The van der Waals surface area contributed by atoms with Crippen LogP contribution in [0.4, 0.5) is 5.13 Å². The number of fused-ring (bicyclic) bond motifs is 2. The van der Waals surface area contributed by atoms with Crippen LogP contribution in [0, 0.1) is 6.92 Å². The van der Waals surface area contributed by atoms with E-state index in [2.05, 4.69) is 10.2 Å². The van der Waals surface area contributed by atoms with E-state index in [4.69, 9.17) is 18.6 Å². The maximum absolute atomic E-state index is 13.6. The van der Waals surface area contributed by atoms with Crippen LogP contribution in [-0.2, 0) is 0 Å². The van der Waals surface area contributed by atoms with E-state index in [0.29, 0.717) is 38.3 Å². The minimum atomic E-state index is -0.776. The summed E-state index contributed by atoms with van der Waals surface area (Å²) in [6.07, 6.45) is 0. The number of amides is 1. The highest BCUT2D eigenvalue weighted by Crippen LogP contribution is 2.44. The maximum atomic E-state index is 13.6. The largest absolute Gasteiger partial charge is 0.497 e. The van der Waals surface area contributed by atoms with Crippen molar-refractivity contribution < 1.29 is 23.4 Å². The molecule has 5 rings (SSSR count). The summed E-state index contributed by atoms with van der Waals surface area (Å²) in [6.45, 7) is 1.80. The van der Waals surface area contributed by atoms with E-state index in [0.717, 1.165) is 0 Å². The Balaban J connectivity index is 1.79. The smallest absolute Gasteiger partial charge is 0.297 e. The second-order valence-corrected chi connectivity index (χ2v) is 8.49. The van der Waals surface area contributed by atoms with Crippen LogP contribution in [0.5, 0.6) is 17.2 Å². The third kappa shape index (κ3) is 3.21. The second-order valence-electron chi connectivity index (χ2n) is 7.33. The van der Waals surface area contributed by atoms with Crippen LogP contribution in [0.1, 0.15) is 32.7 Å². The molecule has 0 unspecified atom stereocenters. The number of benzene rings is 2. The Labute approximate surface area is 192 Å². The van der Waals surface area contributed by atoms with Gasteiger partial charge in [-0.05, 0) is 36.8 Å². The third-order valence-electron chi connectivity index (χ3n) is 5.52. The Bertz CT molecular complexity index is 1460. The molecule has 4 aromatic rings. The van der Waals surface area contributed by atoms with Crippen molar-refractivity contribution in [3.8, 4) is 17.2 Å². The van der Waals surface area contributed by atoms with Crippen LogP contribution in [0.15, 0.2) is 45.6 Å². The number of carbonyl (C=O) groups excluding carboxylic acids is 1. The molecule has 0 bridgehead atoms. The summed E-state index contributed by atoms with van der Waals surface area (Å²) in [4.78, 5) is 28.6. The van der Waals surface area contributed by atoms with Gasteiger partial charge in [-0.15, -0.1) is 10.2 Å². The van der Waals surface area contributed by atoms with Gasteiger partial charge in [0.1, 0.15) is 16.3 Å². The van der Waals surface area contributed by atoms with Crippen molar-refractivity contribution in [3.05, 3.63) is 68.5 Å². The minimum Gasteiger partial charge on any atom is -0.497 e. The fraction of sp³-hybridized carbons (Fsp3) is 0.217. The first kappa shape index (κ1) is 21.0. The van der Waals surface area contributed by atoms with E-state index in [-0.39, 0.29) is 22.3 Å². The van der Waals surface area contributed by atoms with Crippen molar-refractivity contribution in [1.29, 1.82) is 0 Å². The van der Waals surface area contributed by atoms with Gasteiger partial charge < -0.3 is 18.6 Å². The van der Waals surface area contributed by atoms with Crippen LogP contribution in [0.25, 0.3) is 11.0 Å². The van der Waals surface area contributed by atoms with Crippen LogP contribution in [-0.4, -0.2) is 37.4 Å². The minimum absolute atomic E-state index is 0.0339. The van der Waals surface area contributed by atoms with E-state index in [1.165, 1.54) is 37.6 Å². The summed E-state index contributed by atoms with van der Waals surface area (Å²) in [5.41, 5.74) is 0.851. The van der Waals surface area contributed by atoms with Gasteiger partial charge in [0.15, 0.2) is 16.9 Å². The summed E-state index contributed by atoms with van der Waals surface area (Å²) >= 11 is 1.25. The van der Waals surface area contributed by atoms with Crippen molar-refractivity contribution >= 4 is 33.3 Å². The molecular weight excluding hydrogens is 446 g/mol. The SMILES string of the molecule is COc1ccc2c(=O)c3c(oc2c1)C(=O)N(c1nnc(C)s1)[C@@H]3c1ccc(OC)c(OC)c1. The van der Waals surface area contributed by atoms with Crippen LogP contribution >= 0.6 is 11.3 Å². The molecule has 9 nitrogen and oxygen atoms in total. The molecule has 0 fully saturated rings. The van der Waals surface area contributed by atoms with Crippen molar-refractivity contribution in [3.63, 3.8) is 0 Å². The number of hydrogen-bond donors (Lipinski definition) is 0. The second kappa shape index (κ2) is 7.89. The number of nitrogens with zero attached hydrogens (tertiary/aromatic N) is 3. The number of methoxy groups -OCH3 is 3.